The quantitative estimate of drug-likeness (QED) is 0.583. The Hall–Kier alpha value is -2.13. The lowest BCUT2D eigenvalue weighted by atomic mass is 10.00. The predicted octanol–water partition coefficient (Wildman–Crippen LogP) is 4.25. The number of nitrogens with one attached hydrogen (secondary N) is 1. The minimum atomic E-state index is -0.161. The molecule has 1 amide bonds. The Bertz CT molecular complexity index is 941. The number of nitrogens with zero attached hydrogens (tertiary/aromatic N) is 4. The number of aromatic nitrogens is 3. The molecule has 1 saturated carbocycles. The maximum atomic E-state index is 12.7. The molecule has 2 aliphatic rings. The fraction of sp³-hybridized carbons (Fsp3) is 0.571. The van der Waals surface area contributed by atoms with E-state index < -0.39 is 0 Å². The van der Waals surface area contributed by atoms with Gasteiger partial charge in [0, 0.05) is 31.3 Å². The molecule has 31 heavy (non-hydrogen) atoms. The van der Waals surface area contributed by atoms with E-state index in [1.807, 2.05) is 0 Å². The highest BCUT2D eigenvalue weighted by atomic mass is 35.5. The third-order valence-electron chi connectivity index (χ3n) is 5.71. The van der Waals surface area contributed by atoms with Crippen molar-refractivity contribution in [3.05, 3.63) is 17.2 Å². The number of thioether (sulfide) groups is 1. The first kappa shape index (κ1) is 22.1. The second kappa shape index (κ2) is 9.56. The van der Waals surface area contributed by atoms with Crippen molar-refractivity contribution in [1.82, 2.24) is 14.8 Å². The molecule has 1 aromatic heterocycles. The van der Waals surface area contributed by atoms with Gasteiger partial charge in [-0.05, 0) is 31.6 Å². The average molecular weight is 466 g/mol. The monoisotopic (exact) mass is 465 g/mol. The van der Waals surface area contributed by atoms with Crippen molar-refractivity contribution in [2.75, 3.05) is 43.3 Å². The molecule has 2 heterocycles. The van der Waals surface area contributed by atoms with Gasteiger partial charge < -0.3 is 19.7 Å². The normalized spacial score (nSPS) is 17.0. The zero-order chi connectivity index (χ0) is 22.0. The summed E-state index contributed by atoms with van der Waals surface area (Å²) in [5.74, 6) is 2.71. The van der Waals surface area contributed by atoms with Gasteiger partial charge in [-0.1, -0.05) is 30.3 Å². The maximum absolute atomic E-state index is 12.7. The predicted molar refractivity (Wildman–Crippen MR) is 123 cm³/mol. The van der Waals surface area contributed by atoms with Gasteiger partial charge in [0.1, 0.15) is 11.5 Å². The molecule has 1 N–H and O–H groups in total. The van der Waals surface area contributed by atoms with Gasteiger partial charge in [0.2, 0.25) is 11.9 Å². The second-order valence-electron chi connectivity index (χ2n) is 8.08. The lowest BCUT2D eigenvalue weighted by Crippen LogP contribution is -2.34. The van der Waals surface area contributed by atoms with Crippen LogP contribution < -0.4 is 19.7 Å². The summed E-state index contributed by atoms with van der Waals surface area (Å²) in [7, 11) is 3.06. The van der Waals surface area contributed by atoms with Crippen LogP contribution in [0.5, 0.6) is 11.5 Å². The van der Waals surface area contributed by atoms with Gasteiger partial charge in [0.25, 0.3) is 0 Å². The number of amides is 1. The van der Waals surface area contributed by atoms with Crippen molar-refractivity contribution < 1.29 is 14.3 Å². The Labute approximate surface area is 191 Å². The molecular formula is C21H28ClN5O3S. The number of halogens is 1. The lowest BCUT2D eigenvalue weighted by Gasteiger charge is -2.31. The number of rotatable bonds is 8. The molecule has 8 nitrogen and oxygen atoms in total. The second-order valence-corrected chi connectivity index (χ2v) is 9.43. The SMILES string of the molecule is COc1cc(NC(=O)CSc2nnc(N3CCC(C)CC3)n2C2CC2)c(OC)cc1Cl. The van der Waals surface area contributed by atoms with Crippen molar-refractivity contribution in [2.45, 2.75) is 43.8 Å². The first-order chi connectivity index (χ1) is 15.0. The Morgan fingerprint density at radius 3 is 2.52 bits per heavy atom. The van der Waals surface area contributed by atoms with Crippen molar-refractivity contribution in [2.24, 2.45) is 5.92 Å². The van der Waals surface area contributed by atoms with Gasteiger partial charge in [0.05, 0.1) is 30.7 Å². The van der Waals surface area contributed by atoms with E-state index in [4.69, 9.17) is 21.1 Å². The topological polar surface area (TPSA) is 81.5 Å². The van der Waals surface area contributed by atoms with Crippen LogP contribution in [0.25, 0.3) is 0 Å². The Kier molecular flexibility index (Phi) is 6.81. The van der Waals surface area contributed by atoms with Crippen LogP contribution >= 0.6 is 23.4 Å². The number of methoxy groups -OCH3 is 2. The number of carbonyl (C=O) groups is 1. The first-order valence-corrected chi connectivity index (χ1v) is 11.9. The van der Waals surface area contributed by atoms with E-state index in [0.29, 0.717) is 28.3 Å². The van der Waals surface area contributed by atoms with Gasteiger partial charge in [-0.15, -0.1) is 10.2 Å². The molecule has 1 aliphatic heterocycles. The van der Waals surface area contributed by atoms with Gasteiger partial charge in [-0.25, -0.2) is 0 Å². The molecule has 168 valence electrons. The molecular weight excluding hydrogens is 438 g/mol. The number of piperidine rings is 1. The Morgan fingerprint density at radius 2 is 1.87 bits per heavy atom. The molecule has 0 spiro atoms. The highest BCUT2D eigenvalue weighted by molar-refractivity contribution is 7.99. The van der Waals surface area contributed by atoms with E-state index in [0.717, 1.165) is 43.0 Å². The van der Waals surface area contributed by atoms with Crippen molar-refractivity contribution in [3.63, 3.8) is 0 Å². The zero-order valence-electron chi connectivity index (χ0n) is 18.1. The number of hydrogen-bond acceptors (Lipinski definition) is 7. The molecule has 2 aromatic rings. The third kappa shape index (κ3) is 5.03. The number of hydrogen-bond donors (Lipinski definition) is 1. The van der Waals surface area contributed by atoms with Crippen molar-refractivity contribution >= 4 is 40.9 Å². The zero-order valence-corrected chi connectivity index (χ0v) is 19.6. The van der Waals surface area contributed by atoms with Gasteiger partial charge in [-0.2, -0.15) is 0 Å². The van der Waals surface area contributed by atoms with E-state index in [1.165, 1.54) is 38.8 Å². The van der Waals surface area contributed by atoms with Gasteiger partial charge in [0.15, 0.2) is 5.16 Å². The van der Waals surface area contributed by atoms with E-state index in [-0.39, 0.29) is 11.7 Å². The molecule has 4 rings (SSSR count). The standard InChI is InChI=1S/C21H28ClN5O3S/c1-13-6-8-26(9-7-13)20-24-25-21(27(20)14-4-5-14)31-12-19(28)23-16-11-17(29-2)15(22)10-18(16)30-3/h10-11,13-14H,4-9,12H2,1-3H3,(H,23,28). The Morgan fingerprint density at radius 1 is 1.16 bits per heavy atom. The molecule has 2 fully saturated rings. The number of benzene rings is 1. The summed E-state index contributed by atoms with van der Waals surface area (Å²) < 4.78 is 12.8. The summed E-state index contributed by atoms with van der Waals surface area (Å²) in [6.07, 6.45) is 4.62. The molecule has 0 radical (unpaired) electrons. The first-order valence-electron chi connectivity index (χ1n) is 10.5. The van der Waals surface area contributed by atoms with Crippen LogP contribution in [0.15, 0.2) is 17.3 Å². The summed E-state index contributed by atoms with van der Waals surface area (Å²) in [6.45, 7) is 4.32. The summed E-state index contributed by atoms with van der Waals surface area (Å²) in [6, 6.07) is 3.72. The highest BCUT2D eigenvalue weighted by Gasteiger charge is 2.32. The van der Waals surface area contributed by atoms with E-state index in [1.54, 1.807) is 12.1 Å². The largest absolute Gasteiger partial charge is 0.495 e. The molecule has 0 bridgehead atoms. The highest BCUT2D eigenvalue weighted by Crippen LogP contribution is 2.41. The fourth-order valence-corrected chi connectivity index (χ4v) is 4.75. The van der Waals surface area contributed by atoms with Crippen LogP contribution in [-0.2, 0) is 4.79 Å². The summed E-state index contributed by atoms with van der Waals surface area (Å²) in [4.78, 5) is 15.0. The Balaban J connectivity index is 1.43. The third-order valence-corrected chi connectivity index (χ3v) is 6.94. The van der Waals surface area contributed by atoms with E-state index in [9.17, 15) is 4.79 Å². The van der Waals surface area contributed by atoms with Crippen LogP contribution in [0, 0.1) is 5.92 Å². The molecule has 10 heteroatoms. The van der Waals surface area contributed by atoms with Gasteiger partial charge in [-0.3, -0.25) is 9.36 Å². The molecule has 1 aliphatic carbocycles. The molecule has 0 unspecified atom stereocenters. The number of anilines is 2. The number of ether oxygens (including phenoxy) is 2. The van der Waals surface area contributed by atoms with Gasteiger partial charge >= 0.3 is 0 Å². The average Bonchev–Trinajstić information content (AvgIpc) is 3.52. The van der Waals surface area contributed by atoms with Crippen molar-refractivity contribution in [1.29, 1.82) is 0 Å². The fourth-order valence-electron chi connectivity index (χ4n) is 3.72. The van der Waals surface area contributed by atoms with Crippen LogP contribution in [0.4, 0.5) is 11.6 Å². The lowest BCUT2D eigenvalue weighted by molar-refractivity contribution is -0.113. The van der Waals surface area contributed by atoms with E-state index >= 15 is 0 Å². The number of carbonyl (C=O) groups excluding carboxylic acids is 1. The molecule has 0 atom stereocenters. The summed E-state index contributed by atoms with van der Waals surface area (Å²) >= 11 is 7.55. The smallest absolute Gasteiger partial charge is 0.234 e. The molecule has 1 saturated heterocycles. The van der Waals surface area contributed by atoms with Crippen LogP contribution in [-0.4, -0.2) is 53.7 Å². The van der Waals surface area contributed by atoms with E-state index in [2.05, 4.69) is 31.9 Å². The minimum absolute atomic E-state index is 0.161. The van der Waals surface area contributed by atoms with Crippen LogP contribution in [0.3, 0.4) is 0 Å². The molecule has 1 aromatic carbocycles. The van der Waals surface area contributed by atoms with Crippen LogP contribution in [0.2, 0.25) is 5.02 Å². The maximum Gasteiger partial charge on any atom is 0.234 e. The minimum Gasteiger partial charge on any atom is -0.495 e. The summed E-state index contributed by atoms with van der Waals surface area (Å²) in [5.41, 5.74) is 0.515. The van der Waals surface area contributed by atoms with Crippen molar-refractivity contribution in [3.8, 4) is 11.5 Å². The van der Waals surface area contributed by atoms with Crippen LogP contribution in [0.1, 0.15) is 38.6 Å². The summed E-state index contributed by atoms with van der Waals surface area (Å²) in [5, 5.41) is 13.0.